The molecule has 0 saturated carbocycles. The molecule has 1 aromatic carbocycles. The Bertz CT molecular complexity index is 647. The first-order chi connectivity index (χ1) is 13.6. The van der Waals surface area contributed by atoms with Crippen LogP contribution < -0.4 is 15.5 Å². The molecular formula is C21H34FIN4O2. The van der Waals surface area contributed by atoms with Crippen molar-refractivity contribution in [1.82, 2.24) is 10.6 Å². The molecule has 164 valence electrons. The van der Waals surface area contributed by atoms with E-state index in [4.69, 9.17) is 14.5 Å². The number of guanidine groups is 1. The molecule has 2 aliphatic heterocycles. The van der Waals surface area contributed by atoms with Crippen molar-refractivity contribution in [3.05, 3.63) is 30.1 Å². The van der Waals surface area contributed by atoms with E-state index in [0.717, 1.165) is 70.2 Å². The van der Waals surface area contributed by atoms with Gasteiger partial charge in [-0.3, -0.25) is 4.99 Å². The molecule has 29 heavy (non-hydrogen) atoms. The van der Waals surface area contributed by atoms with Crippen molar-refractivity contribution in [2.24, 2.45) is 4.99 Å². The number of aliphatic imine (C=N–C) groups is 1. The number of rotatable bonds is 6. The highest BCUT2D eigenvalue weighted by atomic mass is 127. The third kappa shape index (κ3) is 6.96. The van der Waals surface area contributed by atoms with Gasteiger partial charge in [0.25, 0.3) is 0 Å². The zero-order valence-corrected chi connectivity index (χ0v) is 19.8. The highest BCUT2D eigenvalue weighted by molar-refractivity contribution is 14.0. The minimum absolute atomic E-state index is 0. The van der Waals surface area contributed by atoms with E-state index < -0.39 is 0 Å². The van der Waals surface area contributed by atoms with Crippen molar-refractivity contribution in [2.75, 3.05) is 51.4 Å². The highest BCUT2D eigenvalue weighted by Gasteiger charge is 2.32. The summed E-state index contributed by atoms with van der Waals surface area (Å²) in [5.74, 6) is 0.661. The van der Waals surface area contributed by atoms with Crippen molar-refractivity contribution in [2.45, 2.75) is 44.2 Å². The minimum Gasteiger partial charge on any atom is -0.381 e. The molecule has 0 aromatic heterocycles. The third-order valence-corrected chi connectivity index (χ3v) is 5.72. The molecule has 3 rings (SSSR count). The molecular weight excluding hydrogens is 486 g/mol. The number of methoxy groups -OCH3 is 1. The normalized spacial score (nSPS) is 20.1. The number of benzene rings is 1. The number of anilines is 1. The lowest BCUT2D eigenvalue weighted by Crippen LogP contribution is -2.49. The molecule has 2 heterocycles. The van der Waals surface area contributed by atoms with Crippen molar-refractivity contribution < 1.29 is 13.9 Å². The maximum Gasteiger partial charge on any atom is 0.191 e. The number of hydrogen-bond acceptors (Lipinski definition) is 4. The van der Waals surface area contributed by atoms with Crippen LogP contribution in [0.25, 0.3) is 0 Å². The van der Waals surface area contributed by atoms with E-state index in [1.807, 2.05) is 6.07 Å². The Morgan fingerprint density at radius 3 is 2.66 bits per heavy atom. The minimum atomic E-state index is -0.221. The van der Waals surface area contributed by atoms with Gasteiger partial charge in [-0.15, -0.1) is 24.0 Å². The molecule has 0 unspecified atom stereocenters. The predicted octanol–water partition coefficient (Wildman–Crippen LogP) is 3.16. The molecule has 2 aliphatic rings. The van der Waals surface area contributed by atoms with E-state index in [2.05, 4.69) is 22.5 Å². The third-order valence-electron chi connectivity index (χ3n) is 5.72. The lowest BCUT2D eigenvalue weighted by molar-refractivity contribution is -0.0828. The van der Waals surface area contributed by atoms with Gasteiger partial charge in [0.05, 0.1) is 12.1 Å². The molecule has 0 radical (unpaired) electrons. The Labute approximate surface area is 190 Å². The molecule has 1 aromatic rings. The summed E-state index contributed by atoms with van der Waals surface area (Å²) in [4.78, 5) is 7.06. The molecule has 0 atom stereocenters. The molecule has 2 saturated heterocycles. The van der Waals surface area contributed by atoms with E-state index in [9.17, 15) is 4.39 Å². The second-order valence-corrected chi connectivity index (χ2v) is 7.58. The maximum atomic E-state index is 13.5. The van der Waals surface area contributed by atoms with Crippen LogP contribution in [0.3, 0.4) is 0 Å². The molecule has 8 heteroatoms. The monoisotopic (exact) mass is 520 g/mol. The number of nitrogens with one attached hydrogen (secondary N) is 2. The van der Waals surface area contributed by atoms with Crippen LogP contribution in [0.4, 0.5) is 10.1 Å². The first kappa shape index (κ1) is 24.1. The SMILES string of the molecule is CCNC(=NCC1(OC)CCOCC1)NC1CCN(c2cccc(F)c2)CC1.I. The van der Waals surface area contributed by atoms with Crippen LogP contribution in [-0.4, -0.2) is 64.1 Å². The zero-order chi connectivity index (χ0) is 19.8. The first-order valence-electron chi connectivity index (χ1n) is 10.3. The molecule has 0 bridgehead atoms. The van der Waals surface area contributed by atoms with Crippen LogP contribution in [0, 0.1) is 5.82 Å². The molecule has 6 nitrogen and oxygen atoms in total. The van der Waals surface area contributed by atoms with Gasteiger partial charge in [0.15, 0.2) is 5.96 Å². The van der Waals surface area contributed by atoms with Gasteiger partial charge >= 0.3 is 0 Å². The smallest absolute Gasteiger partial charge is 0.191 e. The Morgan fingerprint density at radius 1 is 1.31 bits per heavy atom. The standard InChI is InChI=1S/C21H33FN4O2.HI/c1-3-23-20(24-16-21(27-2)9-13-28-14-10-21)25-18-7-11-26(12-8-18)19-6-4-5-17(22)15-19;/h4-6,15,18H,3,7-14,16H2,1-2H3,(H2,23,24,25);1H. The van der Waals surface area contributed by atoms with Crippen molar-refractivity contribution in [1.29, 1.82) is 0 Å². The van der Waals surface area contributed by atoms with E-state index in [1.54, 1.807) is 19.2 Å². The van der Waals surface area contributed by atoms with Crippen LogP contribution in [-0.2, 0) is 9.47 Å². The maximum absolute atomic E-state index is 13.5. The Hall–Kier alpha value is -1.13. The molecule has 2 fully saturated rings. The van der Waals surface area contributed by atoms with Gasteiger partial charge in [0.1, 0.15) is 5.82 Å². The van der Waals surface area contributed by atoms with Crippen LogP contribution >= 0.6 is 24.0 Å². The predicted molar refractivity (Wildman–Crippen MR) is 126 cm³/mol. The molecule has 0 spiro atoms. The Morgan fingerprint density at radius 2 is 2.03 bits per heavy atom. The van der Waals surface area contributed by atoms with Crippen molar-refractivity contribution in [3.8, 4) is 0 Å². The fourth-order valence-electron chi connectivity index (χ4n) is 3.86. The number of piperidine rings is 1. The van der Waals surface area contributed by atoms with Crippen molar-refractivity contribution >= 4 is 35.6 Å². The average molecular weight is 520 g/mol. The van der Waals surface area contributed by atoms with Crippen LogP contribution in [0.2, 0.25) is 0 Å². The summed E-state index contributed by atoms with van der Waals surface area (Å²) < 4.78 is 24.7. The van der Waals surface area contributed by atoms with Crippen LogP contribution in [0.15, 0.2) is 29.3 Å². The van der Waals surface area contributed by atoms with E-state index in [1.165, 1.54) is 6.07 Å². The summed E-state index contributed by atoms with van der Waals surface area (Å²) >= 11 is 0. The van der Waals surface area contributed by atoms with E-state index in [0.29, 0.717) is 12.6 Å². The second kappa shape index (κ2) is 11.9. The quantitative estimate of drug-likeness (QED) is 0.343. The largest absolute Gasteiger partial charge is 0.381 e. The number of ether oxygens (including phenoxy) is 2. The topological polar surface area (TPSA) is 58.1 Å². The van der Waals surface area contributed by atoms with Gasteiger partial charge in [-0.05, 0) is 38.0 Å². The number of halogens is 2. The summed E-state index contributed by atoms with van der Waals surface area (Å²) in [6.45, 7) is 6.78. The second-order valence-electron chi connectivity index (χ2n) is 7.58. The fraction of sp³-hybridized carbons (Fsp3) is 0.667. The van der Waals surface area contributed by atoms with Crippen LogP contribution in [0.5, 0.6) is 0 Å². The molecule has 0 amide bonds. The van der Waals surface area contributed by atoms with Crippen LogP contribution in [0.1, 0.15) is 32.6 Å². The Kier molecular flexibility index (Phi) is 9.91. The van der Waals surface area contributed by atoms with Gasteiger partial charge in [-0.1, -0.05) is 6.07 Å². The van der Waals surface area contributed by atoms with Gasteiger partial charge in [-0.25, -0.2) is 4.39 Å². The first-order valence-corrected chi connectivity index (χ1v) is 10.3. The lowest BCUT2D eigenvalue weighted by atomic mass is 9.94. The molecule has 0 aliphatic carbocycles. The van der Waals surface area contributed by atoms with Gasteiger partial charge in [-0.2, -0.15) is 0 Å². The van der Waals surface area contributed by atoms with Gasteiger partial charge in [0.2, 0.25) is 0 Å². The van der Waals surface area contributed by atoms with Crippen molar-refractivity contribution in [3.63, 3.8) is 0 Å². The summed E-state index contributed by atoms with van der Waals surface area (Å²) in [5, 5.41) is 6.92. The van der Waals surface area contributed by atoms with Gasteiger partial charge < -0.3 is 25.0 Å². The highest BCUT2D eigenvalue weighted by Crippen LogP contribution is 2.25. The number of nitrogens with zero attached hydrogens (tertiary/aromatic N) is 2. The fourth-order valence-corrected chi connectivity index (χ4v) is 3.86. The van der Waals surface area contributed by atoms with E-state index in [-0.39, 0.29) is 35.4 Å². The summed E-state index contributed by atoms with van der Waals surface area (Å²) in [7, 11) is 1.77. The average Bonchev–Trinajstić information content (AvgIpc) is 2.73. The van der Waals surface area contributed by atoms with Gasteiger partial charge in [0, 0.05) is 64.5 Å². The summed E-state index contributed by atoms with van der Waals surface area (Å²) in [6, 6.07) is 7.20. The molecule has 2 N–H and O–H groups in total. The lowest BCUT2D eigenvalue weighted by Gasteiger charge is -2.36. The number of hydrogen-bond donors (Lipinski definition) is 2. The summed E-state index contributed by atoms with van der Waals surface area (Å²) in [5.41, 5.74) is 0.738. The Balaban J connectivity index is 0.00000300. The zero-order valence-electron chi connectivity index (χ0n) is 17.5. The summed E-state index contributed by atoms with van der Waals surface area (Å²) in [6.07, 6.45) is 3.73. The van der Waals surface area contributed by atoms with E-state index >= 15 is 0 Å².